The topological polar surface area (TPSA) is 34.1 Å². The first-order chi connectivity index (χ1) is 10.6. The van der Waals surface area contributed by atoms with Crippen molar-refractivity contribution in [2.24, 2.45) is 0 Å². The third kappa shape index (κ3) is 6.18. The number of ketones is 2. The fourth-order valence-electron chi connectivity index (χ4n) is 1.92. The first-order valence-electron chi connectivity index (χ1n) is 6.93. The second-order valence-electron chi connectivity index (χ2n) is 4.91. The van der Waals surface area contributed by atoms with Crippen molar-refractivity contribution in [3.8, 4) is 10.4 Å². The van der Waals surface area contributed by atoms with Crippen LogP contribution in [0.25, 0.3) is 20.5 Å². The van der Waals surface area contributed by atoms with E-state index in [1.807, 2.05) is 24.3 Å². The normalized spacial score (nSPS) is 9.48. The van der Waals surface area contributed by atoms with Gasteiger partial charge in [0.05, 0.1) is 6.42 Å². The molecular weight excluding hydrogens is 484 g/mol. The predicted octanol–water partition coefficient (Wildman–Crippen LogP) is 4.72. The van der Waals surface area contributed by atoms with Crippen LogP contribution in [0.15, 0.2) is 48.5 Å². The van der Waals surface area contributed by atoms with Crippen LogP contribution in [0.3, 0.4) is 0 Å². The molecule has 0 amide bonds. The van der Waals surface area contributed by atoms with Crippen LogP contribution in [-0.4, -0.2) is 11.6 Å². The molecule has 1 radical (unpaired) electrons. The summed E-state index contributed by atoms with van der Waals surface area (Å²) in [4.78, 5) is 21.2. The monoisotopic (exact) mass is 501 g/mol. The minimum absolute atomic E-state index is 0. The Kier molecular flexibility index (Phi) is 8.04. The Morgan fingerprint density at radius 2 is 1.65 bits per heavy atom. The SMILES string of the molecule is CC(=O)CC(C)=O.[Ir].[c-]1ccccc1-c1[c-]c2ccccc2s1. The number of benzene rings is 2. The van der Waals surface area contributed by atoms with Crippen LogP contribution in [0.4, 0.5) is 0 Å². The summed E-state index contributed by atoms with van der Waals surface area (Å²) in [6.45, 7) is 2.81. The Labute approximate surface area is 153 Å². The van der Waals surface area contributed by atoms with Crippen LogP contribution in [0.1, 0.15) is 20.3 Å². The van der Waals surface area contributed by atoms with Gasteiger partial charge < -0.3 is 0 Å². The number of carbonyl (C=O) groups is 2. The van der Waals surface area contributed by atoms with Crippen molar-refractivity contribution >= 4 is 33.0 Å². The maximum atomic E-state index is 10.0. The zero-order valence-electron chi connectivity index (χ0n) is 12.9. The van der Waals surface area contributed by atoms with Crippen molar-refractivity contribution in [2.45, 2.75) is 20.3 Å². The summed E-state index contributed by atoms with van der Waals surface area (Å²) >= 11 is 1.76. The minimum atomic E-state index is -0.0625. The van der Waals surface area contributed by atoms with E-state index in [2.05, 4.69) is 36.4 Å². The summed E-state index contributed by atoms with van der Waals surface area (Å²) in [6.07, 6.45) is 0.0833. The van der Waals surface area contributed by atoms with E-state index >= 15 is 0 Å². The molecule has 3 aromatic rings. The molecule has 0 fully saturated rings. The van der Waals surface area contributed by atoms with Gasteiger partial charge in [0, 0.05) is 20.1 Å². The van der Waals surface area contributed by atoms with Crippen LogP contribution in [0.2, 0.25) is 0 Å². The molecule has 4 heteroatoms. The Bertz CT molecular complexity index is 733. The summed E-state index contributed by atoms with van der Waals surface area (Å²) in [5.41, 5.74) is 1.12. The first kappa shape index (κ1) is 19.4. The van der Waals surface area contributed by atoms with Crippen molar-refractivity contribution in [2.75, 3.05) is 0 Å². The molecule has 0 spiro atoms. The number of rotatable bonds is 3. The summed E-state index contributed by atoms with van der Waals surface area (Å²) in [5.74, 6) is -0.125. The van der Waals surface area contributed by atoms with Crippen LogP contribution in [-0.2, 0) is 29.7 Å². The van der Waals surface area contributed by atoms with Gasteiger partial charge in [-0.3, -0.25) is 20.9 Å². The Hall–Kier alpha value is -1.61. The molecule has 23 heavy (non-hydrogen) atoms. The number of hydrogen-bond acceptors (Lipinski definition) is 3. The standard InChI is InChI=1S/C14H8S.C5H8O2.Ir/c1-2-6-11(7-3-1)14-10-12-8-4-5-9-13(12)15-14;1-4(6)3-5(2)7;/h1-6,8-9H;3H2,1-2H3;/q-2;;. The van der Waals surface area contributed by atoms with E-state index in [0.29, 0.717) is 0 Å². The van der Waals surface area contributed by atoms with Crippen molar-refractivity contribution in [3.05, 3.63) is 60.7 Å². The van der Waals surface area contributed by atoms with Crippen molar-refractivity contribution < 1.29 is 29.7 Å². The van der Waals surface area contributed by atoms with Gasteiger partial charge in [0.15, 0.2) is 0 Å². The van der Waals surface area contributed by atoms with Gasteiger partial charge in [-0.05, 0) is 13.8 Å². The predicted molar refractivity (Wildman–Crippen MR) is 90.9 cm³/mol. The van der Waals surface area contributed by atoms with E-state index in [9.17, 15) is 9.59 Å². The molecule has 0 aliphatic heterocycles. The van der Waals surface area contributed by atoms with E-state index < -0.39 is 0 Å². The molecule has 1 heterocycles. The molecular formula is C19H16IrO2S-2. The second kappa shape index (κ2) is 9.51. The van der Waals surface area contributed by atoms with E-state index in [1.165, 1.54) is 23.9 Å². The molecule has 0 bridgehead atoms. The van der Waals surface area contributed by atoms with Gasteiger partial charge >= 0.3 is 0 Å². The quantitative estimate of drug-likeness (QED) is 0.385. The molecule has 0 unspecified atom stereocenters. The number of Topliss-reactive ketones (excluding diaryl/α,β-unsaturated/α-hetero) is 2. The number of fused-ring (bicyclic) bond motifs is 1. The van der Waals surface area contributed by atoms with Crippen LogP contribution >= 0.6 is 11.3 Å². The number of hydrogen-bond donors (Lipinski definition) is 0. The molecule has 121 valence electrons. The Balaban J connectivity index is 0.000000287. The van der Waals surface area contributed by atoms with Gasteiger partial charge in [-0.2, -0.15) is 30.3 Å². The third-order valence-electron chi connectivity index (χ3n) is 2.80. The van der Waals surface area contributed by atoms with Crippen LogP contribution < -0.4 is 0 Å². The largest absolute Gasteiger partial charge is 0.300 e. The van der Waals surface area contributed by atoms with E-state index in [1.54, 1.807) is 11.3 Å². The van der Waals surface area contributed by atoms with Crippen molar-refractivity contribution in [1.82, 2.24) is 0 Å². The fourth-order valence-corrected chi connectivity index (χ4v) is 2.92. The van der Waals surface area contributed by atoms with Crippen LogP contribution in [0, 0.1) is 12.1 Å². The zero-order valence-corrected chi connectivity index (χ0v) is 16.1. The maximum Gasteiger partial charge on any atom is 0.137 e. The summed E-state index contributed by atoms with van der Waals surface area (Å²) in [6, 6.07) is 23.0. The summed E-state index contributed by atoms with van der Waals surface area (Å²) < 4.78 is 1.28. The minimum Gasteiger partial charge on any atom is -0.300 e. The van der Waals surface area contributed by atoms with Crippen molar-refractivity contribution in [1.29, 1.82) is 0 Å². The van der Waals surface area contributed by atoms with Crippen molar-refractivity contribution in [3.63, 3.8) is 0 Å². The molecule has 0 N–H and O–H groups in total. The molecule has 0 saturated heterocycles. The molecule has 1 aromatic heterocycles. The average molecular weight is 501 g/mol. The van der Waals surface area contributed by atoms with Crippen LogP contribution in [0.5, 0.6) is 0 Å². The smallest absolute Gasteiger partial charge is 0.137 e. The summed E-state index contributed by atoms with van der Waals surface area (Å²) in [7, 11) is 0. The zero-order chi connectivity index (χ0) is 15.9. The third-order valence-corrected chi connectivity index (χ3v) is 3.90. The molecule has 0 atom stereocenters. The fraction of sp³-hybridized carbons (Fsp3) is 0.158. The Morgan fingerprint density at radius 3 is 2.17 bits per heavy atom. The Morgan fingerprint density at radius 1 is 1.00 bits per heavy atom. The number of carbonyl (C=O) groups excluding carboxylic acids is 2. The van der Waals surface area contributed by atoms with Gasteiger partial charge in [-0.25, -0.2) is 5.56 Å². The van der Waals surface area contributed by atoms with E-state index in [4.69, 9.17) is 0 Å². The second-order valence-corrected chi connectivity index (χ2v) is 5.96. The maximum absolute atomic E-state index is 10.0. The molecule has 3 rings (SSSR count). The average Bonchev–Trinajstić information content (AvgIpc) is 2.91. The van der Waals surface area contributed by atoms with E-state index in [0.717, 1.165) is 10.4 Å². The van der Waals surface area contributed by atoms with Gasteiger partial charge in [-0.15, -0.1) is 28.5 Å². The first-order valence-corrected chi connectivity index (χ1v) is 7.74. The van der Waals surface area contributed by atoms with E-state index in [-0.39, 0.29) is 38.1 Å². The molecule has 2 nitrogen and oxygen atoms in total. The molecule has 0 aliphatic carbocycles. The number of thiophene rings is 1. The van der Waals surface area contributed by atoms with Gasteiger partial charge in [0.2, 0.25) is 0 Å². The van der Waals surface area contributed by atoms with Gasteiger partial charge in [0.25, 0.3) is 0 Å². The molecule has 0 aliphatic rings. The molecule has 2 aromatic carbocycles. The molecule has 0 saturated carbocycles. The van der Waals surface area contributed by atoms with Gasteiger partial charge in [0.1, 0.15) is 11.6 Å². The summed E-state index contributed by atoms with van der Waals surface area (Å²) in [5, 5.41) is 1.19. The van der Waals surface area contributed by atoms with Gasteiger partial charge in [-0.1, -0.05) is 16.8 Å².